The van der Waals surface area contributed by atoms with Gasteiger partial charge < -0.3 is 0 Å². The van der Waals surface area contributed by atoms with Gasteiger partial charge in [-0.05, 0) is 16.6 Å². The van der Waals surface area contributed by atoms with E-state index in [2.05, 4.69) is 0 Å². The van der Waals surface area contributed by atoms with Crippen molar-refractivity contribution < 1.29 is 0 Å². The van der Waals surface area contributed by atoms with Gasteiger partial charge >= 0.3 is 0 Å². The van der Waals surface area contributed by atoms with Crippen LogP contribution in [0.5, 0.6) is 0 Å². The molecular weight excluding hydrogens is 677 g/mol. The lowest BCUT2D eigenvalue weighted by molar-refractivity contribution is 0.465. The Morgan fingerprint density at radius 2 is 0.218 bits per heavy atom. The molecule has 0 aliphatic heterocycles. The molecule has 0 unspecified atom stereocenters. The summed E-state index contributed by atoms with van der Waals surface area (Å²) in [5.74, 6) is 0. The molecule has 1 heteroatoms. The Bertz CT molecular complexity index is 606. The van der Waals surface area contributed by atoms with E-state index in [1.165, 1.54) is 212 Å². The normalized spacial score (nSPS) is 25.7. The van der Waals surface area contributed by atoms with Crippen LogP contribution in [-0.2, 0) is 0 Å². The van der Waals surface area contributed by atoms with Gasteiger partial charge in [-0.15, -0.1) is 0 Å². The van der Waals surface area contributed by atoms with Crippen molar-refractivity contribution in [1.82, 2.24) is 0 Å². The Morgan fingerprint density at radius 3 is 0.327 bits per heavy atom. The molecule has 0 aromatic heterocycles. The average Bonchev–Trinajstić information content (AvgIpc) is 3.19. The maximum atomic E-state index is 1.64. The molecule has 0 N–H and O–H groups in total. The predicted octanol–water partition coefficient (Wildman–Crippen LogP) is 20.3. The molecule has 3 saturated carbocycles. The van der Waals surface area contributed by atoms with Gasteiger partial charge in [0.2, 0.25) is 0 Å². The fourth-order valence-electron chi connectivity index (χ4n) is 12.1. The summed E-state index contributed by atoms with van der Waals surface area (Å²) in [6.45, 7) is 0. The van der Waals surface area contributed by atoms with Crippen molar-refractivity contribution in [2.24, 2.45) is 0 Å². The fourth-order valence-corrected chi connectivity index (χ4v) is 18.1. The van der Waals surface area contributed by atoms with E-state index in [4.69, 9.17) is 0 Å². The smallest absolute Gasteiger partial charge is 0.0461 e. The molecule has 0 amide bonds. The third kappa shape index (κ3) is 28.3. The Morgan fingerprint density at radius 1 is 0.127 bits per heavy atom. The van der Waals surface area contributed by atoms with E-state index < -0.39 is 8.80 Å². The Kier molecular flexibility index (Phi) is 34.6. The van der Waals surface area contributed by atoms with Gasteiger partial charge in [0.05, 0.1) is 0 Å². The molecule has 0 saturated heterocycles. The van der Waals surface area contributed by atoms with Crippen LogP contribution < -0.4 is 0 Å². The third-order valence-corrected chi connectivity index (χ3v) is 20.8. The highest BCUT2D eigenvalue weighted by atomic mass is 28.3. The van der Waals surface area contributed by atoms with Gasteiger partial charge in [0.1, 0.15) is 0 Å². The monoisotopic (exact) mass is 783 g/mol. The van der Waals surface area contributed by atoms with Crippen molar-refractivity contribution in [2.45, 2.75) is 344 Å². The molecule has 55 heavy (non-hydrogen) atoms. The van der Waals surface area contributed by atoms with E-state index in [9.17, 15) is 0 Å². The summed E-state index contributed by atoms with van der Waals surface area (Å²) in [6.07, 6.45) is 78.8. The lowest BCUT2D eigenvalue weighted by Crippen LogP contribution is -2.33. The van der Waals surface area contributed by atoms with Crippen molar-refractivity contribution in [3.8, 4) is 0 Å². The van der Waals surface area contributed by atoms with E-state index in [1.807, 2.05) is 0 Å². The Labute approximate surface area is 351 Å². The third-order valence-electron chi connectivity index (χ3n) is 15.6. The largest absolute Gasteiger partial charge is 0.0533 e. The molecule has 3 aliphatic carbocycles. The quantitative estimate of drug-likeness (QED) is 0.250. The summed E-state index contributed by atoms with van der Waals surface area (Å²) >= 11 is 0. The minimum Gasteiger partial charge on any atom is -0.0533 e. The minimum absolute atomic E-state index is 0.956. The first-order valence-corrected chi connectivity index (χ1v) is 29.4. The summed E-state index contributed by atoms with van der Waals surface area (Å²) < 4.78 is 0. The van der Waals surface area contributed by atoms with Crippen molar-refractivity contribution in [3.05, 3.63) is 0 Å². The SMILES string of the molecule is C1CCCCCCCCC([SiH](C2CCCCCCCCCCCCCCCCC2)C2CCCCCCCCCCCCCCCCC2)CCCCCCCC1. The molecule has 0 aromatic rings. The second-order valence-corrected chi connectivity index (χ2v) is 24.5. The fraction of sp³-hybridized carbons (Fsp3) is 1.00. The first kappa shape index (κ1) is 49.6. The standard InChI is InChI=1S/C54H106Si/c1-4-10-16-22-28-34-40-46-52(47-41-35-29-23-17-11-5-1)55(53-48-42-36-30-24-18-12-6-2-7-13-19-25-31-37-43-49-53)54-50-44-38-32-26-20-14-8-3-9-15-21-27-33-39-45-51-54/h52-55H,1-51H2. The molecular formula is C54H106Si. The van der Waals surface area contributed by atoms with Crippen LogP contribution in [0.2, 0.25) is 16.6 Å². The Hall–Kier alpha value is 0.217. The topological polar surface area (TPSA) is 0 Å². The van der Waals surface area contributed by atoms with Crippen molar-refractivity contribution >= 4 is 8.80 Å². The van der Waals surface area contributed by atoms with Crippen molar-refractivity contribution in [2.75, 3.05) is 0 Å². The van der Waals surface area contributed by atoms with Gasteiger partial charge in [-0.25, -0.2) is 0 Å². The molecule has 0 atom stereocenters. The van der Waals surface area contributed by atoms with E-state index in [1.54, 1.807) is 116 Å². The maximum absolute atomic E-state index is 1.64. The first-order valence-electron chi connectivity index (χ1n) is 27.4. The van der Waals surface area contributed by atoms with Gasteiger partial charge in [0, 0.05) is 8.80 Å². The predicted molar refractivity (Wildman–Crippen MR) is 254 cm³/mol. The molecule has 0 heterocycles. The summed E-state index contributed by atoms with van der Waals surface area (Å²) in [5.41, 5.74) is 3.47. The van der Waals surface area contributed by atoms with Crippen LogP contribution >= 0.6 is 0 Å². The van der Waals surface area contributed by atoms with E-state index in [0.717, 1.165) is 16.6 Å². The van der Waals surface area contributed by atoms with Crippen molar-refractivity contribution in [3.63, 3.8) is 0 Å². The van der Waals surface area contributed by atoms with Crippen molar-refractivity contribution in [1.29, 1.82) is 0 Å². The molecule has 0 nitrogen and oxygen atoms in total. The molecule has 0 aromatic carbocycles. The molecule has 3 fully saturated rings. The molecule has 0 radical (unpaired) electrons. The van der Waals surface area contributed by atoms with Crippen LogP contribution in [0.15, 0.2) is 0 Å². The van der Waals surface area contributed by atoms with Gasteiger partial charge in [0.25, 0.3) is 0 Å². The highest BCUT2D eigenvalue weighted by molar-refractivity contribution is 6.63. The number of rotatable bonds is 3. The average molecular weight is 784 g/mol. The zero-order chi connectivity index (χ0) is 38.4. The molecule has 0 bridgehead atoms. The lowest BCUT2D eigenvalue weighted by Gasteiger charge is -2.40. The van der Waals surface area contributed by atoms with E-state index >= 15 is 0 Å². The molecule has 0 spiro atoms. The number of hydrogen-bond donors (Lipinski definition) is 0. The van der Waals surface area contributed by atoms with E-state index in [-0.39, 0.29) is 0 Å². The van der Waals surface area contributed by atoms with Gasteiger partial charge in [-0.3, -0.25) is 0 Å². The maximum Gasteiger partial charge on any atom is 0.0461 e. The van der Waals surface area contributed by atoms with E-state index in [0.29, 0.717) is 0 Å². The zero-order valence-electron chi connectivity index (χ0n) is 38.4. The van der Waals surface area contributed by atoms with Crippen LogP contribution in [0.1, 0.15) is 327 Å². The highest BCUT2D eigenvalue weighted by Gasteiger charge is 2.36. The molecule has 3 aliphatic rings. The Balaban J connectivity index is 1.80. The minimum atomic E-state index is -0.956. The lowest BCUT2D eigenvalue weighted by atomic mass is 10.0. The molecule has 326 valence electrons. The van der Waals surface area contributed by atoms with Crippen LogP contribution in [0, 0.1) is 0 Å². The number of hydrogen-bond acceptors (Lipinski definition) is 0. The second-order valence-electron chi connectivity index (χ2n) is 20.5. The first-order chi connectivity index (χ1) is 27.4. The van der Waals surface area contributed by atoms with Crippen LogP contribution in [0.3, 0.4) is 0 Å². The molecule has 3 rings (SSSR count). The van der Waals surface area contributed by atoms with Crippen LogP contribution in [0.25, 0.3) is 0 Å². The summed E-state index contributed by atoms with van der Waals surface area (Å²) in [5, 5.41) is 0. The summed E-state index contributed by atoms with van der Waals surface area (Å²) in [7, 11) is -0.956. The zero-order valence-corrected chi connectivity index (χ0v) is 39.5. The summed E-state index contributed by atoms with van der Waals surface area (Å²) in [6, 6.07) is 0. The highest BCUT2D eigenvalue weighted by Crippen LogP contribution is 2.46. The van der Waals surface area contributed by atoms with Crippen LogP contribution in [-0.4, -0.2) is 8.80 Å². The summed E-state index contributed by atoms with van der Waals surface area (Å²) in [4.78, 5) is 0. The van der Waals surface area contributed by atoms with Gasteiger partial charge in [-0.2, -0.15) is 0 Å². The van der Waals surface area contributed by atoms with Gasteiger partial charge in [-0.1, -0.05) is 327 Å². The second kappa shape index (κ2) is 38.4. The van der Waals surface area contributed by atoms with Crippen LogP contribution in [0.4, 0.5) is 0 Å². The van der Waals surface area contributed by atoms with Gasteiger partial charge in [0.15, 0.2) is 0 Å².